The van der Waals surface area contributed by atoms with Crippen molar-refractivity contribution in [3.05, 3.63) is 59.2 Å². The Balaban J connectivity index is 1.33. The maximum Gasteiger partial charge on any atom is 0.235 e. The predicted octanol–water partition coefficient (Wildman–Crippen LogP) is 0.991. The molecule has 4 aliphatic rings. The lowest BCUT2D eigenvalue weighted by atomic mass is 9.85. The van der Waals surface area contributed by atoms with E-state index in [0.717, 1.165) is 11.1 Å². The van der Waals surface area contributed by atoms with E-state index < -0.39 is 17.9 Å². The number of aliphatic hydroxyl groups excluding tert-OH is 1. The number of ether oxygens (including phenoxy) is 2. The number of hydrogen-bond donors (Lipinski definition) is 3. The Kier molecular flexibility index (Phi) is 4.46. The second kappa shape index (κ2) is 7.29. The Morgan fingerprint density at radius 2 is 1.79 bits per heavy atom. The van der Waals surface area contributed by atoms with E-state index in [0.29, 0.717) is 30.0 Å². The molecule has 0 saturated carbocycles. The van der Waals surface area contributed by atoms with Gasteiger partial charge in [0.15, 0.2) is 11.5 Å². The van der Waals surface area contributed by atoms with E-state index in [1.165, 1.54) is 4.90 Å². The van der Waals surface area contributed by atoms with Gasteiger partial charge >= 0.3 is 0 Å². The number of rotatable bonds is 4. The monoisotopic (exact) mass is 448 g/mol. The summed E-state index contributed by atoms with van der Waals surface area (Å²) in [5.41, 5.74) is 7.88. The number of benzene rings is 2. The number of amides is 2. The first-order valence-electron chi connectivity index (χ1n) is 11.0. The van der Waals surface area contributed by atoms with Gasteiger partial charge in [-0.3, -0.25) is 24.8 Å². The van der Waals surface area contributed by atoms with Gasteiger partial charge < -0.3 is 20.3 Å². The fraction of sp³-hybridized carbons (Fsp3) is 0.375. The van der Waals surface area contributed by atoms with E-state index in [1.807, 2.05) is 18.2 Å². The van der Waals surface area contributed by atoms with E-state index in [2.05, 4.69) is 4.90 Å². The number of nitrogens with two attached hydrogens (primary N) is 1. The molecule has 0 unspecified atom stereocenters. The highest BCUT2D eigenvalue weighted by molar-refractivity contribution is 6.06. The summed E-state index contributed by atoms with van der Waals surface area (Å²) in [5, 5.41) is 18.0. The van der Waals surface area contributed by atoms with Gasteiger partial charge in [-0.1, -0.05) is 30.3 Å². The predicted molar refractivity (Wildman–Crippen MR) is 116 cm³/mol. The summed E-state index contributed by atoms with van der Waals surface area (Å²) in [6.45, 7) is 0.764. The number of nitrogens with zero attached hydrogens (tertiary/aromatic N) is 2. The molecule has 6 rings (SSSR count). The van der Waals surface area contributed by atoms with Crippen LogP contribution in [0.3, 0.4) is 0 Å². The molecular formula is C24H24N4O5. The lowest BCUT2D eigenvalue weighted by molar-refractivity contribution is -0.142. The summed E-state index contributed by atoms with van der Waals surface area (Å²) in [6, 6.07) is 12.2. The van der Waals surface area contributed by atoms with E-state index in [1.54, 1.807) is 24.3 Å². The van der Waals surface area contributed by atoms with Crippen LogP contribution < -0.4 is 15.2 Å². The molecule has 5 atom stereocenters. The zero-order valence-electron chi connectivity index (χ0n) is 17.8. The third kappa shape index (κ3) is 3.03. The zero-order valence-corrected chi connectivity index (χ0v) is 17.8. The SMILES string of the molecule is N=C(N)c1ccc([C@@H]2[C@@H]3C(=O)N(Cc4ccc5c(c4)OCO5)C(=O)[C@@H]3[C@H]3C[C@@H](O)CN32)cc1. The molecule has 9 heteroatoms. The first kappa shape index (κ1) is 20.2. The van der Waals surface area contributed by atoms with Crippen molar-refractivity contribution in [1.29, 1.82) is 5.41 Å². The normalized spacial score (nSPS) is 30.1. The van der Waals surface area contributed by atoms with Gasteiger partial charge in [-0.05, 0) is 29.7 Å². The van der Waals surface area contributed by atoms with Gasteiger partial charge in [0.2, 0.25) is 18.6 Å². The molecular weight excluding hydrogens is 424 g/mol. The summed E-state index contributed by atoms with van der Waals surface area (Å²) < 4.78 is 10.8. The Hall–Kier alpha value is -3.43. The smallest absolute Gasteiger partial charge is 0.235 e. The fourth-order valence-electron chi connectivity index (χ4n) is 5.89. The van der Waals surface area contributed by atoms with Crippen LogP contribution in [0, 0.1) is 17.2 Å². The van der Waals surface area contributed by atoms with Crippen molar-refractivity contribution in [2.45, 2.75) is 31.2 Å². The lowest BCUT2D eigenvalue weighted by Gasteiger charge is -2.29. The number of carbonyl (C=O) groups is 2. The summed E-state index contributed by atoms with van der Waals surface area (Å²) in [7, 11) is 0. The second-order valence-corrected chi connectivity index (χ2v) is 9.14. The third-order valence-corrected chi connectivity index (χ3v) is 7.30. The number of amidine groups is 1. The molecule has 0 radical (unpaired) electrons. The van der Waals surface area contributed by atoms with Crippen LogP contribution in [0.15, 0.2) is 42.5 Å². The highest BCUT2D eigenvalue weighted by Crippen LogP contribution is 2.53. The van der Waals surface area contributed by atoms with E-state index in [-0.39, 0.29) is 43.1 Å². The maximum absolute atomic E-state index is 13.6. The minimum absolute atomic E-state index is 0.0256. The van der Waals surface area contributed by atoms with Crippen LogP contribution in [-0.2, 0) is 16.1 Å². The van der Waals surface area contributed by atoms with Crippen LogP contribution in [0.5, 0.6) is 11.5 Å². The van der Waals surface area contributed by atoms with Crippen molar-refractivity contribution < 1.29 is 24.2 Å². The summed E-state index contributed by atoms with van der Waals surface area (Å²) in [5.74, 6) is -0.128. The standard InChI is InChI=1S/C24H24N4O5/c25-22(26)14-4-2-13(3-5-14)21-20-19(16-8-15(29)10-27(16)21)23(30)28(24(20)31)9-12-1-6-17-18(7-12)33-11-32-17/h1-7,15-16,19-21,29H,8-11H2,(H3,25,26)/t15-,16-,19-,20-,21-/m1/s1. The highest BCUT2D eigenvalue weighted by atomic mass is 16.7. The zero-order chi connectivity index (χ0) is 22.9. The van der Waals surface area contributed by atoms with E-state index in [4.69, 9.17) is 20.6 Å². The molecule has 4 aliphatic heterocycles. The largest absolute Gasteiger partial charge is 0.454 e. The maximum atomic E-state index is 13.6. The van der Waals surface area contributed by atoms with Crippen LogP contribution in [0.1, 0.15) is 29.2 Å². The average Bonchev–Trinajstić information content (AvgIpc) is 3.53. The summed E-state index contributed by atoms with van der Waals surface area (Å²) in [6.07, 6.45) is -0.0548. The molecule has 0 aliphatic carbocycles. The van der Waals surface area contributed by atoms with Crippen molar-refractivity contribution in [3.8, 4) is 11.5 Å². The number of likely N-dealkylation sites (tertiary alicyclic amines) is 1. The van der Waals surface area contributed by atoms with Crippen molar-refractivity contribution >= 4 is 17.6 Å². The van der Waals surface area contributed by atoms with E-state index >= 15 is 0 Å². The Morgan fingerprint density at radius 3 is 2.55 bits per heavy atom. The number of nitrogen functional groups attached to an aromatic ring is 1. The Labute approximate surface area is 190 Å². The van der Waals surface area contributed by atoms with Crippen molar-refractivity contribution in [3.63, 3.8) is 0 Å². The number of fused-ring (bicyclic) bond motifs is 4. The van der Waals surface area contributed by atoms with Gasteiger partial charge in [-0.25, -0.2) is 0 Å². The molecule has 170 valence electrons. The lowest BCUT2D eigenvalue weighted by Crippen LogP contribution is -2.39. The van der Waals surface area contributed by atoms with Crippen molar-refractivity contribution in [2.75, 3.05) is 13.3 Å². The van der Waals surface area contributed by atoms with Gasteiger partial charge in [0.1, 0.15) is 5.84 Å². The average molecular weight is 448 g/mol. The van der Waals surface area contributed by atoms with Gasteiger partial charge in [-0.2, -0.15) is 0 Å². The molecule has 0 spiro atoms. The first-order valence-corrected chi connectivity index (χ1v) is 11.0. The van der Waals surface area contributed by atoms with Gasteiger partial charge in [0.25, 0.3) is 0 Å². The molecule has 33 heavy (non-hydrogen) atoms. The van der Waals surface area contributed by atoms with Crippen molar-refractivity contribution in [1.82, 2.24) is 9.80 Å². The summed E-state index contributed by atoms with van der Waals surface area (Å²) in [4.78, 5) is 30.6. The minimum atomic E-state index is -0.527. The minimum Gasteiger partial charge on any atom is -0.454 e. The van der Waals surface area contributed by atoms with Gasteiger partial charge in [0, 0.05) is 24.2 Å². The molecule has 0 bridgehead atoms. The molecule has 2 aromatic carbocycles. The number of nitrogens with one attached hydrogen (secondary N) is 1. The summed E-state index contributed by atoms with van der Waals surface area (Å²) >= 11 is 0. The molecule has 9 nitrogen and oxygen atoms in total. The van der Waals surface area contributed by atoms with Gasteiger partial charge in [0.05, 0.1) is 24.5 Å². The van der Waals surface area contributed by atoms with Crippen molar-refractivity contribution in [2.24, 2.45) is 17.6 Å². The van der Waals surface area contributed by atoms with Crippen LogP contribution in [-0.4, -0.2) is 58.0 Å². The van der Waals surface area contributed by atoms with E-state index in [9.17, 15) is 14.7 Å². The highest BCUT2D eigenvalue weighted by Gasteiger charge is 2.64. The molecule has 2 aromatic rings. The molecule has 4 N–H and O–H groups in total. The first-order chi connectivity index (χ1) is 15.9. The molecule has 2 amide bonds. The van der Waals surface area contributed by atoms with Crippen LogP contribution in [0.2, 0.25) is 0 Å². The topological polar surface area (TPSA) is 129 Å². The third-order valence-electron chi connectivity index (χ3n) is 7.30. The van der Waals surface area contributed by atoms with Crippen LogP contribution in [0.25, 0.3) is 0 Å². The number of aliphatic hydroxyl groups is 1. The fourth-order valence-corrected chi connectivity index (χ4v) is 5.89. The Morgan fingerprint density at radius 1 is 1.06 bits per heavy atom. The Bertz CT molecular complexity index is 1170. The number of carbonyl (C=O) groups excluding carboxylic acids is 2. The quantitative estimate of drug-likeness (QED) is 0.361. The van der Waals surface area contributed by atoms with Gasteiger partial charge in [-0.15, -0.1) is 0 Å². The number of imide groups is 1. The van der Waals surface area contributed by atoms with Crippen LogP contribution >= 0.6 is 0 Å². The second-order valence-electron chi connectivity index (χ2n) is 9.14. The van der Waals surface area contributed by atoms with Crippen LogP contribution in [0.4, 0.5) is 0 Å². The molecule has 0 aromatic heterocycles. The number of hydrogen-bond acceptors (Lipinski definition) is 7. The molecule has 3 fully saturated rings. The molecule has 4 heterocycles. The molecule has 3 saturated heterocycles.